The zero-order chi connectivity index (χ0) is 13.1. The molecule has 0 aromatic heterocycles. The molecule has 0 heterocycles. The molecule has 0 radical (unpaired) electrons. The molecule has 18 heavy (non-hydrogen) atoms. The minimum atomic E-state index is -0.113. The highest BCUT2D eigenvalue weighted by Gasteiger charge is 2.29. The van der Waals surface area contributed by atoms with Gasteiger partial charge in [-0.3, -0.25) is 4.79 Å². The topological polar surface area (TPSA) is 40.5 Å². The monoisotopic (exact) mass is 287 g/mol. The van der Waals surface area contributed by atoms with Crippen molar-refractivity contribution in [2.75, 3.05) is 13.2 Å². The minimum Gasteiger partial charge on any atom is -0.395 e. The van der Waals surface area contributed by atoms with Crippen molar-refractivity contribution in [3.8, 4) is 0 Å². The van der Waals surface area contributed by atoms with Crippen molar-refractivity contribution in [2.45, 2.75) is 25.3 Å². The van der Waals surface area contributed by atoms with Crippen LogP contribution in [0.3, 0.4) is 0 Å². The number of benzene rings is 1. The Morgan fingerprint density at radius 2 is 1.89 bits per heavy atom. The van der Waals surface area contributed by atoms with Crippen LogP contribution in [0, 0.1) is 0 Å². The molecule has 0 aliphatic heterocycles. The first-order valence-electron chi connectivity index (χ1n) is 5.99. The summed E-state index contributed by atoms with van der Waals surface area (Å²) >= 11 is 11.8. The van der Waals surface area contributed by atoms with E-state index in [4.69, 9.17) is 28.3 Å². The predicted octanol–water partition coefficient (Wildman–Crippen LogP) is 2.98. The lowest BCUT2D eigenvalue weighted by Crippen LogP contribution is -2.45. The van der Waals surface area contributed by atoms with Gasteiger partial charge >= 0.3 is 0 Å². The first-order chi connectivity index (χ1) is 8.61. The van der Waals surface area contributed by atoms with E-state index >= 15 is 0 Å². The van der Waals surface area contributed by atoms with Gasteiger partial charge in [0.15, 0.2) is 0 Å². The van der Waals surface area contributed by atoms with E-state index in [-0.39, 0.29) is 18.6 Å². The number of rotatable bonds is 4. The van der Waals surface area contributed by atoms with Crippen LogP contribution in [0.4, 0.5) is 0 Å². The Balaban J connectivity index is 2.21. The van der Waals surface area contributed by atoms with Crippen molar-refractivity contribution >= 4 is 29.1 Å². The lowest BCUT2D eigenvalue weighted by Gasteiger charge is -2.37. The average molecular weight is 288 g/mol. The van der Waals surface area contributed by atoms with E-state index in [0.717, 1.165) is 19.3 Å². The number of carbonyl (C=O) groups is 1. The number of nitrogens with zero attached hydrogens (tertiary/aromatic N) is 1. The molecule has 1 saturated carbocycles. The second-order valence-electron chi connectivity index (χ2n) is 4.47. The van der Waals surface area contributed by atoms with E-state index in [0.29, 0.717) is 22.2 Å². The molecule has 0 spiro atoms. The van der Waals surface area contributed by atoms with Crippen molar-refractivity contribution in [2.24, 2.45) is 0 Å². The van der Waals surface area contributed by atoms with Gasteiger partial charge in [-0.15, -0.1) is 0 Å². The molecule has 1 aromatic rings. The average Bonchev–Trinajstić information content (AvgIpc) is 2.23. The van der Waals surface area contributed by atoms with Crippen LogP contribution in [0.5, 0.6) is 0 Å². The molecule has 1 aliphatic carbocycles. The second-order valence-corrected chi connectivity index (χ2v) is 5.34. The van der Waals surface area contributed by atoms with Crippen LogP contribution >= 0.6 is 23.2 Å². The van der Waals surface area contributed by atoms with Gasteiger partial charge in [-0.2, -0.15) is 0 Å². The van der Waals surface area contributed by atoms with Gasteiger partial charge in [-0.1, -0.05) is 23.2 Å². The molecule has 0 unspecified atom stereocenters. The third-order valence-electron chi connectivity index (χ3n) is 3.23. The van der Waals surface area contributed by atoms with Crippen LogP contribution in [0.25, 0.3) is 0 Å². The normalized spacial score (nSPS) is 15.3. The maximum absolute atomic E-state index is 12.4. The zero-order valence-corrected chi connectivity index (χ0v) is 11.4. The van der Waals surface area contributed by atoms with Gasteiger partial charge in [0.05, 0.1) is 6.61 Å². The van der Waals surface area contributed by atoms with Crippen molar-refractivity contribution in [3.05, 3.63) is 33.8 Å². The lowest BCUT2D eigenvalue weighted by molar-refractivity contribution is 0.0526. The molecule has 5 heteroatoms. The molecule has 3 nitrogen and oxygen atoms in total. The molecule has 0 atom stereocenters. The summed E-state index contributed by atoms with van der Waals surface area (Å²) in [5, 5.41) is 9.96. The first-order valence-corrected chi connectivity index (χ1v) is 6.75. The second kappa shape index (κ2) is 5.91. The number of amides is 1. The van der Waals surface area contributed by atoms with E-state index in [1.54, 1.807) is 23.1 Å². The van der Waals surface area contributed by atoms with E-state index < -0.39 is 0 Å². The van der Waals surface area contributed by atoms with Gasteiger partial charge < -0.3 is 10.0 Å². The molecule has 1 aromatic carbocycles. The molecule has 1 amide bonds. The third-order valence-corrected chi connectivity index (χ3v) is 3.66. The van der Waals surface area contributed by atoms with Crippen molar-refractivity contribution < 1.29 is 9.90 Å². The quantitative estimate of drug-likeness (QED) is 0.925. The smallest absolute Gasteiger partial charge is 0.254 e. The van der Waals surface area contributed by atoms with Gasteiger partial charge in [0.25, 0.3) is 5.91 Å². The van der Waals surface area contributed by atoms with Gasteiger partial charge in [-0.05, 0) is 37.5 Å². The molecule has 98 valence electrons. The summed E-state index contributed by atoms with van der Waals surface area (Å²) in [5.41, 5.74) is 0.479. The molecular formula is C13H15Cl2NO2. The summed E-state index contributed by atoms with van der Waals surface area (Å²) in [6.07, 6.45) is 3.14. The molecule has 0 saturated heterocycles. The molecule has 0 bridgehead atoms. The maximum atomic E-state index is 12.4. The Labute approximate surface area is 116 Å². The van der Waals surface area contributed by atoms with Crippen molar-refractivity contribution in [3.63, 3.8) is 0 Å². The van der Waals surface area contributed by atoms with Crippen LogP contribution in [-0.4, -0.2) is 35.1 Å². The van der Waals surface area contributed by atoms with E-state index in [9.17, 15) is 4.79 Å². The van der Waals surface area contributed by atoms with Gasteiger partial charge in [0, 0.05) is 28.2 Å². The van der Waals surface area contributed by atoms with Gasteiger partial charge in [0.1, 0.15) is 0 Å². The largest absolute Gasteiger partial charge is 0.395 e. The molecule has 2 rings (SSSR count). The molecule has 1 N–H and O–H groups in total. The predicted molar refractivity (Wildman–Crippen MR) is 72.2 cm³/mol. The highest BCUT2D eigenvalue weighted by Crippen LogP contribution is 2.27. The summed E-state index contributed by atoms with van der Waals surface area (Å²) in [5.74, 6) is -0.113. The first kappa shape index (κ1) is 13.7. The number of aliphatic hydroxyl groups excluding tert-OH is 1. The fourth-order valence-electron chi connectivity index (χ4n) is 2.10. The summed E-state index contributed by atoms with van der Waals surface area (Å²) in [4.78, 5) is 14.1. The maximum Gasteiger partial charge on any atom is 0.254 e. The minimum absolute atomic E-state index is 0.0312. The fourth-order valence-corrected chi connectivity index (χ4v) is 2.63. The Bertz CT molecular complexity index is 426. The Kier molecular flexibility index (Phi) is 4.49. The fraction of sp³-hybridized carbons (Fsp3) is 0.462. The van der Waals surface area contributed by atoms with Crippen LogP contribution in [0.1, 0.15) is 29.6 Å². The van der Waals surface area contributed by atoms with E-state index in [1.807, 2.05) is 0 Å². The van der Waals surface area contributed by atoms with Crippen LogP contribution in [0.15, 0.2) is 18.2 Å². The third kappa shape index (κ3) is 2.97. The highest BCUT2D eigenvalue weighted by molar-refractivity contribution is 6.35. The van der Waals surface area contributed by atoms with Crippen LogP contribution in [0.2, 0.25) is 10.0 Å². The van der Waals surface area contributed by atoms with Crippen LogP contribution < -0.4 is 0 Å². The Morgan fingerprint density at radius 1 is 1.28 bits per heavy atom. The van der Waals surface area contributed by atoms with Crippen molar-refractivity contribution in [1.82, 2.24) is 4.90 Å². The van der Waals surface area contributed by atoms with Gasteiger partial charge in [-0.25, -0.2) is 0 Å². The van der Waals surface area contributed by atoms with E-state index in [1.165, 1.54) is 0 Å². The molecule has 1 aliphatic rings. The van der Waals surface area contributed by atoms with Gasteiger partial charge in [0.2, 0.25) is 0 Å². The molecule has 1 fully saturated rings. The standard InChI is InChI=1S/C13H15Cl2NO2/c14-10-6-9(7-11(15)8-10)13(18)16(4-5-17)12-2-1-3-12/h6-8,12,17H,1-5H2. The summed E-state index contributed by atoms with van der Waals surface area (Å²) in [6, 6.07) is 5.06. The SMILES string of the molecule is O=C(c1cc(Cl)cc(Cl)c1)N(CCO)C1CCC1. The summed E-state index contributed by atoms with van der Waals surface area (Å²) in [7, 11) is 0. The highest BCUT2D eigenvalue weighted by atomic mass is 35.5. The lowest BCUT2D eigenvalue weighted by atomic mass is 9.91. The zero-order valence-electron chi connectivity index (χ0n) is 9.90. The number of aliphatic hydroxyl groups is 1. The summed E-state index contributed by atoms with van der Waals surface area (Å²) < 4.78 is 0. The van der Waals surface area contributed by atoms with Crippen LogP contribution in [-0.2, 0) is 0 Å². The number of carbonyl (C=O) groups excluding carboxylic acids is 1. The van der Waals surface area contributed by atoms with E-state index in [2.05, 4.69) is 0 Å². The number of halogens is 2. The van der Waals surface area contributed by atoms with Crippen molar-refractivity contribution in [1.29, 1.82) is 0 Å². The summed E-state index contributed by atoms with van der Waals surface area (Å²) in [6.45, 7) is 0.324. The Morgan fingerprint density at radius 3 is 2.33 bits per heavy atom. The Hall–Kier alpha value is -0.770. The number of hydrogen-bond acceptors (Lipinski definition) is 2. The number of hydrogen-bond donors (Lipinski definition) is 1. The molecular weight excluding hydrogens is 273 g/mol.